The average Bonchev–Trinajstić information content (AvgIpc) is 3.47. The molecule has 0 aliphatic carbocycles. The topological polar surface area (TPSA) is 77.2 Å². The average molecular weight is 444 g/mol. The lowest BCUT2D eigenvalue weighted by Gasteiger charge is -2.34. The Hall–Kier alpha value is -3.84. The summed E-state index contributed by atoms with van der Waals surface area (Å²) in [5.41, 5.74) is 2.13. The van der Waals surface area contributed by atoms with Crippen LogP contribution in [0.3, 0.4) is 0 Å². The molecule has 2 aliphatic heterocycles. The van der Waals surface area contributed by atoms with Crippen LogP contribution in [0.15, 0.2) is 83.0 Å². The summed E-state index contributed by atoms with van der Waals surface area (Å²) >= 11 is 0. The molecule has 1 amide bonds. The van der Waals surface area contributed by atoms with Crippen molar-refractivity contribution in [2.24, 2.45) is 0 Å². The summed E-state index contributed by atoms with van der Waals surface area (Å²) in [6.07, 6.45) is 1.49. The SMILES string of the molecule is CN1CCN(c2ccc(N3C(=O)C(=O)/C(=C(\O)c4ccccc4)C3c3ccco3)cc2)CC1. The molecule has 1 unspecified atom stereocenters. The van der Waals surface area contributed by atoms with Crippen molar-refractivity contribution >= 4 is 28.8 Å². The molecule has 2 aromatic carbocycles. The van der Waals surface area contributed by atoms with E-state index in [4.69, 9.17) is 4.42 Å². The number of hydrogen-bond donors (Lipinski definition) is 1. The van der Waals surface area contributed by atoms with Gasteiger partial charge < -0.3 is 19.3 Å². The molecule has 33 heavy (non-hydrogen) atoms. The number of carbonyl (C=O) groups excluding carboxylic acids is 2. The van der Waals surface area contributed by atoms with E-state index in [-0.39, 0.29) is 11.3 Å². The predicted molar refractivity (Wildman–Crippen MR) is 126 cm³/mol. The summed E-state index contributed by atoms with van der Waals surface area (Å²) in [6, 6.07) is 18.9. The number of furan rings is 1. The van der Waals surface area contributed by atoms with Crippen LogP contribution in [-0.2, 0) is 9.59 Å². The molecule has 1 atom stereocenters. The van der Waals surface area contributed by atoms with Gasteiger partial charge in [0.2, 0.25) is 0 Å². The van der Waals surface area contributed by atoms with Crippen LogP contribution in [0.4, 0.5) is 11.4 Å². The van der Waals surface area contributed by atoms with E-state index in [1.165, 1.54) is 11.2 Å². The predicted octanol–water partition coefficient (Wildman–Crippen LogP) is 3.66. The Kier molecular flexibility index (Phi) is 5.48. The number of ketones is 1. The van der Waals surface area contributed by atoms with Crippen LogP contribution in [0, 0.1) is 0 Å². The molecule has 3 aromatic rings. The van der Waals surface area contributed by atoms with Crippen LogP contribution in [-0.4, -0.2) is 54.9 Å². The molecule has 2 fully saturated rings. The van der Waals surface area contributed by atoms with E-state index in [0.717, 1.165) is 31.9 Å². The Morgan fingerprint density at radius 1 is 0.879 bits per heavy atom. The van der Waals surface area contributed by atoms with E-state index < -0.39 is 17.7 Å². The molecule has 0 bridgehead atoms. The highest BCUT2D eigenvalue weighted by molar-refractivity contribution is 6.51. The molecule has 0 saturated carbocycles. The lowest BCUT2D eigenvalue weighted by atomic mass is 9.99. The molecule has 7 nitrogen and oxygen atoms in total. The normalized spacial score (nSPS) is 21.1. The van der Waals surface area contributed by atoms with Gasteiger partial charge in [-0.15, -0.1) is 0 Å². The second-order valence-corrected chi connectivity index (χ2v) is 8.36. The fourth-order valence-electron chi connectivity index (χ4n) is 4.46. The zero-order valence-electron chi connectivity index (χ0n) is 18.3. The van der Waals surface area contributed by atoms with Gasteiger partial charge in [0.05, 0.1) is 11.8 Å². The van der Waals surface area contributed by atoms with Gasteiger partial charge in [0.1, 0.15) is 17.6 Å². The molecule has 1 aromatic heterocycles. The minimum absolute atomic E-state index is 0.0179. The summed E-state index contributed by atoms with van der Waals surface area (Å²) in [5.74, 6) is -1.23. The van der Waals surface area contributed by atoms with E-state index in [1.807, 2.05) is 30.3 Å². The Morgan fingerprint density at radius 3 is 2.18 bits per heavy atom. The number of benzene rings is 2. The fraction of sp³-hybridized carbons (Fsp3) is 0.231. The minimum atomic E-state index is -0.852. The first kappa shape index (κ1) is 21.0. The molecular formula is C26H25N3O4. The Morgan fingerprint density at radius 2 is 1.55 bits per heavy atom. The first-order valence-electron chi connectivity index (χ1n) is 11.0. The number of nitrogens with zero attached hydrogens (tertiary/aromatic N) is 3. The van der Waals surface area contributed by atoms with Crippen LogP contribution in [0.5, 0.6) is 0 Å². The maximum atomic E-state index is 13.2. The fourth-order valence-corrected chi connectivity index (χ4v) is 4.46. The number of carbonyl (C=O) groups is 2. The quantitative estimate of drug-likeness (QED) is 0.377. The van der Waals surface area contributed by atoms with Crippen LogP contribution >= 0.6 is 0 Å². The van der Waals surface area contributed by atoms with E-state index in [2.05, 4.69) is 16.8 Å². The van der Waals surface area contributed by atoms with Crippen LogP contribution < -0.4 is 9.80 Å². The number of hydrogen-bond acceptors (Lipinski definition) is 6. The van der Waals surface area contributed by atoms with Crippen molar-refractivity contribution < 1.29 is 19.1 Å². The lowest BCUT2D eigenvalue weighted by Crippen LogP contribution is -2.44. The molecule has 5 rings (SSSR count). The van der Waals surface area contributed by atoms with Gasteiger partial charge in [0, 0.05) is 43.1 Å². The number of aliphatic hydroxyl groups excluding tert-OH is 1. The zero-order chi connectivity index (χ0) is 22.9. The third-order valence-corrected chi connectivity index (χ3v) is 6.30. The molecular weight excluding hydrogens is 418 g/mol. The Labute approximate surface area is 192 Å². The van der Waals surface area contributed by atoms with Crippen LogP contribution in [0.25, 0.3) is 5.76 Å². The van der Waals surface area contributed by atoms with Gasteiger partial charge in [0.15, 0.2) is 0 Å². The highest BCUT2D eigenvalue weighted by Crippen LogP contribution is 2.42. The van der Waals surface area contributed by atoms with Gasteiger partial charge in [-0.1, -0.05) is 30.3 Å². The van der Waals surface area contributed by atoms with Crippen LogP contribution in [0.2, 0.25) is 0 Å². The van der Waals surface area contributed by atoms with Gasteiger partial charge in [-0.3, -0.25) is 14.5 Å². The number of aliphatic hydroxyl groups is 1. The molecule has 0 spiro atoms. The van der Waals surface area contributed by atoms with E-state index in [0.29, 0.717) is 17.0 Å². The van der Waals surface area contributed by atoms with Gasteiger partial charge in [0.25, 0.3) is 11.7 Å². The third kappa shape index (κ3) is 3.81. The second kappa shape index (κ2) is 8.60. The largest absolute Gasteiger partial charge is 0.507 e. The maximum absolute atomic E-state index is 13.2. The van der Waals surface area contributed by atoms with Crippen LogP contribution in [0.1, 0.15) is 17.4 Å². The standard InChI is InChI=1S/C26H25N3O4/c1-27-13-15-28(16-14-27)19-9-11-20(12-10-19)29-23(21-8-5-17-33-21)22(25(31)26(29)32)24(30)18-6-3-2-4-7-18/h2-12,17,23,30H,13-16H2,1H3/b24-22-. The monoisotopic (exact) mass is 443 g/mol. The number of rotatable bonds is 4. The maximum Gasteiger partial charge on any atom is 0.300 e. The van der Waals surface area contributed by atoms with Crippen molar-refractivity contribution in [2.75, 3.05) is 43.0 Å². The summed E-state index contributed by atoms with van der Waals surface area (Å²) < 4.78 is 5.61. The molecule has 1 N–H and O–H groups in total. The first-order valence-corrected chi connectivity index (χ1v) is 11.0. The van der Waals surface area contributed by atoms with Crippen molar-refractivity contribution in [3.63, 3.8) is 0 Å². The molecule has 3 heterocycles. The molecule has 0 radical (unpaired) electrons. The Balaban J connectivity index is 1.54. The number of anilines is 2. The summed E-state index contributed by atoms with van der Waals surface area (Å²) in [7, 11) is 2.11. The zero-order valence-corrected chi connectivity index (χ0v) is 18.3. The molecule has 2 aliphatic rings. The number of piperazine rings is 1. The number of Topliss-reactive ketones (excluding diaryl/α,β-unsaturated/α-hetero) is 1. The van der Waals surface area contributed by atoms with Crippen molar-refractivity contribution in [3.8, 4) is 0 Å². The summed E-state index contributed by atoms with van der Waals surface area (Å²) in [5, 5.41) is 11.0. The second-order valence-electron chi connectivity index (χ2n) is 8.36. The molecule has 7 heteroatoms. The van der Waals surface area contributed by atoms with E-state index in [1.54, 1.807) is 36.4 Å². The van der Waals surface area contributed by atoms with Crippen molar-refractivity contribution in [3.05, 3.63) is 89.9 Å². The molecule has 168 valence electrons. The van der Waals surface area contributed by atoms with Gasteiger partial charge in [-0.2, -0.15) is 0 Å². The third-order valence-electron chi connectivity index (χ3n) is 6.30. The number of amides is 1. The summed E-state index contributed by atoms with van der Waals surface area (Å²) in [4.78, 5) is 32.2. The van der Waals surface area contributed by atoms with E-state index in [9.17, 15) is 14.7 Å². The Bertz CT molecular complexity index is 1180. The smallest absolute Gasteiger partial charge is 0.300 e. The van der Waals surface area contributed by atoms with Crippen molar-refractivity contribution in [1.82, 2.24) is 4.90 Å². The highest BCUT2D eigenvalue weighted by atomic mass is 16.3. The minimum Gasteiger partial charge on any atom is -0.507 e. The van der Waals surface area contributed by atoms with Gasteiger partial charge >= 0.3 is 0 Å². The summed E-state index contributed by atoms with van der Waals surface area (Å²) in [6.45, 7) is 3.86. The van der Waals surface area contributed by atoms with E-state index >= 15 is 0 Å². The van der Waals surface area contributed by atoms with Gasteiger partial charge in [-0.25, -0.2) is 0 Å². The highest BCUT2D eigenvalue weighted by Gasteiger charge is 2.48. The molecule has 2 saturated heterocycles. The first-order chi connectivity index (χ1) is 16.0. The van der Waals surface area contributed by atoms with Crippen molar-refractivity contribution in [1.29, 1.82) is 0 Å². The number of likely N-dealkylation sites (N-methyl/N-ethyl adjacent to an activating group) is 1. The van der Waals surface area contributed by atoms with Gasteiger partial charge in [-0.05, 0) is 43.4 Å². The lowest BCUT2D eigenvalue weighted by molar-refractivity contribution is -0.132. The van der Waals surface area contributed by atoms with Crippen molar-refractivity contribution in [2.45, 2.75) is 6.04 Å².